The fourth-order valence-corrected chi connectivity index (χ4v) is 1.63. The van der Waals surface area contributed by atoms with Crippen molar-refractivity contribution in [1.82, 2.24) is 0 Å². The van der Waals surface area contributed by atoms with E-state index in [0.717, 1.165) is 19.3 Å². The summed E-state index contributed by atoms with van der Waals surface area (Å²) in [5.74, 6) is 0. The Morgan fingerprint density at radius 2 is 1.57 bits per heavy atom. The Bertz CT molecular complexity index is 335. The molecule has 1 aromatic carbocycles. The topological polar surface area (TPSA) is 35.2 Å². The third kappa shape index (κ3) is 12.1. The number of hydrogen-bond donors (Lipinski definition) is 1. The van der Waals surface area contributed by atoms with Crippen LogP contribution >= 0.6 is 0 Å². The summed E-state index contributed by atoms with van der Waals surface area (Å²) < 4.78 is 5.92. The molecule has 126 valence electrons. The fourth-order valence-electron chi connectivity index (χ4n) is 1.63. The van der Waals surface area contributed by atoms with Crippen molar-refractivity contribution in [3.8, 4) is 0 Å². The van der Waals surface area contributed by atoms with Crippen LogP contribution in [0.2, 0.25) is 0 Å². The van der Waals surface area contributed by atoms with Crippen LogP contribution in [0.25, 0.3) is 0 Å². The van der Waals surface area contributed by atoms with Gasteiger partial charge in [0.2, 0.25) is 0 Å². The number of nitrogens with two attached hydrogens (primary N) is 1. The van der Waals surface area contributed by atoms with Crippen molar-refractivity contribution in [3.05, 3.63) is 35.9 Å². The molecule has 0 spiro atoms. The molecule has 0 radical (unpaired) electrons. The van der Waals surface area contributed by atoms with E-state index in [9.17, 15) is 0 Å². The molecule has 0 heterocycles. The standard InChI is InChI=1S/C10H22O.C8H10N.Pd/c1-7-9(3,4)11-10(5,6)8-2;9-7-6-8-4-2-1-3-5-8;/h7-8H2,1-6H3;1-4H,6-7,9H2;/q;-1;. The largest absolute Gasteiger partial charge is 0.370 e. The van der Waals surface area contributed by atoms with Crippen molar-refractivity contribution in [2.24, 2.45) is 5.73 Å². The predicted octanol–water partition coefficient (Wildman–Crippen LogP) is 4.37. The molecule has 0 aliphatic carbocycles. The van der Waals surface area contributed by atoms with E-state index in [1.807, 2.05) is 24.3 Å². The molecule has 0 amide bonds. The Hall–Kier alpha value is -0.198. The summed E-state index contributed by atoms with van der Waals surface area (Å²) in [7, 11) is 0. The van der Waals surface area contributed by atoms with Crippen LogP contribution in [0.3, 0.4) is 0 Å². The predicted molar refractivity (Wildman–Crippen MR) is 87.9 cm³/mol. The average Bonchev–Trinajstić information content (AvgIpc) is 2.40. The molecular weight excluding hydrogens is 353 g/mol. The quantitative estimate of drug-likeness (QED) is 0.584. The van der Waals surface area contributed by atoms with Gasteiger partial charge < -0.3 is 10.5 Å². The monoisotopic (exact) mass is 384 g/mol. The zero-order chi connectivity index (χ0) is 15.6. The summed E-state index contributed by atoms with van der Waals surface area (Å²) in [6.45, 7) is 13.6. The summed E-state index contributed by atoms with van der Waals surface area (Å²) in [6, 6.07) is 11.0. The van der Waals surface area contributed by atoms with Gasteiger partial charge in [-0.3, -0.25) is 0 Å². The smallest absolute Gasteiger partial charge is 0.0631 e. The molecule has 0 unspecified atom stereocenters. The molecule has 0 saturated carbocycles. The molecule has 2 nitrogen and oxygen atoms in total. The molecule has 0 aliphatic heterocycles. The maximum absolute atomic E-state index is 5.92. The van der Waals surface area contributed by atoms with Crippen LogP contribution < -0.4 is 5.73 Å². The molecule has 21 heavy (non-hydrogen) atoms. The molecular formula is C18H32NOPd-. The van der Waals surface area contributed by atoms with Crippen molar-refractivity contribution in [1.29, 1.82) is 0 Å². The minimum atomic E-state index is 0. The summed E-state index contributed by atoms with van der Waals surface area (Å²) in [5.41, 5.74) is 6.59. The maximum atomic E-state index is 5.92. The SMILES string of the molecule is CCC(C)(C)OC(C)(C)CC.NCCc1[c-]cccc1.[Pd]. The van der Waals surface area contributed by atoms with Gasteiger partial charge in [0.05, 0.1) is 11.2 Å². The van der Waals surface area contributed by atoms with Gasteiger partial charge in [0, 0.05) is 20.4 Å². The van der Waals surface area contributed by atoms with Crippen LogP contribution in [0.4, 0.5) is 0 Å². The summed E-state index contributed by atoms with van der Waals surface area (Å²) in [5, 5.41) is 0. The average molecular weight is 385 g/mol. The van der Waals surface area contributed by atoms with Gasteiger partial charge in [-0.1, -0.05) is 13.8 Å². The van der Waals surface area contributed by atoms with Crippen LogP contribution in [0.5, 0.6) is 0 Å². The van der Waals surface area contributed by atoms with Gasteiger partial charge in [-0.05, 0) is 53.5 Å². The second kappa shape index (κ2) is 11.4. The van der Waals surface area contributed by atoms with E-state index >= 15 is 0 Å². The van der Waals surface area contributed by atoms with Gasteiger partial charge in [0.25, 0.3) is 0 Å². The molecule has 1 aromatic rings. The van der Waals surface area contributed by atoms with Crippen LogP contribution in [0, 0.1) is 6.07 Å². The Labute approximate surface area is 145 Å². The second-order valence-electron chi connectivity index (χ2n) is 6.26. The van der Waals surface area contributed by atoms with Crippen LogP contribution in [0.15, 0.2) is 24.3 Å². The fraction of sp³-hybridized carbons (Fsp3) is 0.667. The Morgan fingerprint density at radius 3 is 1.90 bits per heavy atom. The van der Waals surface area contributed by atoms with Gasteiger partial charge in [-0.2, -0.15) is 35.9 Å². The first-order valence-corrected chi connectivity index (χ1v) is 7.62. The number of hydrogen-bond acceptors (Lipinski definition) is 2. The summed E-state index contributed by atoms with van der Waals surface area (Å²) in [6.07, 6.45) is 3.06. The number of ether oxygens (including phenoxy) is 1. The first-order valence-electron chi connectivity index (χ1n) is 7.62. The molecule has 0 fully saturated rings. The molecule has 0 saturated heterocycles. The zero-order valence-electron chi connectivity index (χ0n) is 14.4. The molecule has 0 bridgehead atoms. The summed E-state index contributed by atoms with van der Waals surface area (Å²) in [4.78, 5) is 0. The minimum Gasteiger partial charge on any atom is -0.370 e. The van der Waals surface area contributed by atoms with Crippen LogP contribution in [0.1, 0.15) is 59.9 Å². The van der Waals surface area contributed by atoms with Crippen LogP contribution in [-0.4, -0.2) is 17.7 Å². The molecule has 0 aromatic heterocycles. The second-order valence-corrected chi connectivity index (χ2v) is 6.26. The minimum absolute atomic E-state index is 0. The van der Waals surface area contributed by atoms with Gasteiger partial charge in [0.1, 0.15) is 0 Å². The third-order valence-corrected chi connectivity index (χ3v) is 3.44. The van der Waals surface area contributed by atoms with Crippen molar-refractivity contribution in [2.45, 2.75) is 72.0 Å². The van der Waals surface area contributed by atoms with E-state index in [1.165, 1.54) is 5.56 Å². The van der Waals surface area contributed by atoms with E-state index in [-0.39, 0.29) is 31.6 Å². The van der Waals surface area contributed by atoms with E-state index in [0.29, 0.717) is 6.54 Å². The van der Waals surface area contributed by atoms with Gasteiger partial charge >= 0.3 is 0 Å². The zero-order valence-corrected chi connectivity index (χ0v) is 16.0. The first kappa shape index (κ1) is 23.1. The molecule has 3 heteroatoms. The first-order chi connectivity index (χ1) is 9.26. The van der Waals surface area contributed by atoms with Crippen molar-refractivity contribution >= 4 is 0 Å². The number of rotatable bonds is 6. The molecule has 0 aliphatic rings. The van der Waals surface area contributed by atoms with E-state index < -0.39 is 0 Å². The van der Waals surface area contributed by atoms with Gasteiger partial charge in [-0.25, -0.2) is 0 Å². The number of benzene rings is 1. The van der Waals surface area contributed by atoms with E-state index in [4.69, 9.17) is 10.5 Å². The van der Waals surface area contributed by atoms with Crippen molar-refractivity contribution in [3.63, 3.8) is 0 Å². The molecule has 1 rings (SSSR count). The van der Waals surface area contributed by atoms with Crippen molar-refractivity contribution < 1.29 is 25.2 Å². The van der Waals surface area contributed by atoms with Gasteiger partial charge in [0.15, 0.2) is 0 Å². The molecule has 2 N–H and O–H groups in total. The van der Waals surface area contributed by atoms with Crippen LogP contribution in [-0.2, 0) is 31.6 Å². The van der Waals surface area contributed by atoms with Gasteiger partial charge in [-0.15, -0.1) is 0 Å². The van der Waals surface area contributed by atoms with E-state index in [1.54, 1.807) is 0 Å². The maximum Gasteiger partial charge on any atom is 0.0631 e. The Morgan fingerprint density at radius 1 is 1.05 bits per heavy atom. The summed E-state index contributed by atoms with van der Waals surface area (Å²) >= 11 is 0. The van der Waals surface area contributed by atoms with E-state index in [2.05, 4.69) is 47.6 Å². The Balaban J connectivity index is 0. The Kier molecular flexibility index (Phi) is 12.5. The normalized spacial score (nSPS) is 11.2. The third-order valence-electron chi connectivity index (χ3n) is 3.44. The molecule has 0 atom stereocenters. The van der Waals surface area contributed by atoms with Crippen molar-refractivity contribution in [2.75, 3.05) is 6.54 Å².